The van der Waals surface area contributed by atoms with Crippen LogP contribution in [0.4, 0.5) is 0 Å². The Bertz CT molecular complexity index is 574. The molecule has 0 radical (unpaired) electrons. The fraction of sp³-hybridized carbons (Fsp3) is 0.200. The van der Waals surface area contributed by atoms with Crippen molar-refractivity contribution in [3.05, 3.63) is 41.5 Å². The quantitative estimate of drug-likeness (QED) is 0.712. The van der Waals surface area contributed by atoms with Crippen molar-refractivity contribution in [1.29, 1.82) is 0 Å². The van der Waals surface area contributed by atoms with Crippen LogP contribution in [0.25, 0.3) is 10.8 Å². The summed E-state index contributed by atoms with van der Waals surface area (Å²) in [6, 6.07) is 9.43. The Kier molecular flexibility index (Phi) is 2.58. The van der Waals surface area contributed by atoms with Crippen molar-refractivity contribution in [3.63, 3.8) is 0 Å². The molecule has 0 aromatic heterocycles. The zero-order chi connectivity index (χ0) is 11.7. The second-order valence-electron chi connectivity index (χ2n) is 4.27. The summed E-state index contributed by atoms with van der Waals surface area (Å²) in [5, 5.41) is 11.8. The van der Waals surface area contributed by atoms with Crippen LogP contribution in [0.2, 0.25) is 0 Å². The van der Waals surface area contributed by atoms with Crippen molar-refractivity contribution >= 4 is 10.8 Å². The molecule has 0 heterocycles. The molecule has 2 rings (SSSR count). The Balaban J connectivity index is 2.82. The molecule has 0 saturated carbocycles. The second kappa shape index (κ2) is 3.90. The Hall–Kier alpha value is -1.94. The minimum Gasteiger partial charge on any atom is -0.508 e. The first-order valence-corrected chi connectivity index (χ1v) is 5.35. The number of terminal acetylenes is 1. The molecular formula is C15H14O. The molecule has 0 unspecified atom stereocenters. The monoisotopic (exact) mass is 210 g/mol. The molecule has 0 amide bonds. The van der Waals surface area contributed by atoms with E-state index in [0.717, 1.165) is 21.9 Å². The molecule has 1 nitrogen and oxygen atoms in total. The van der Waals surface area contributed by atoms with Gasteiger partial charge in [-0.05, 0) is 46.5 Å². The predicted molar refractivity (Wildman–Crippen MR) is 67.6 cm³/mol. The SMILES string of the molecule is C#Cc1ccc2cc(O)cc(C(C)C)c2c1. The molecule has 16 heavy (non-hydrogen) atoms. The van der Waals surface area contributed by atoms with Gasteiger partial charge in [-0.15, -0.1) is 6.42 Å². The highest BCUT2D eigenvalue weighted by molar-refractivity contribution is 5.88. The van der Waals surface area contributed by atoms with Gasteiger partial charge in [-0.3, -0.25) is 0 Å². The van der Waals surface area contributed by atoms with Crippen LogP contribution in [0.5, 0.6) is 5.75 Å². The Labute approximate surface area is 95.7 Å². The smallest absolute Gasteiger partial charge is 0.116 e. The van der Waals surface area contributed by atoms with Crippen molar-refractivity contribution in [2.45, 2.75) is 19.8 Å². The van der Waals surface area contributed by atoms with E-state index >= 15 is 0 Å². The van der Waals surface area contributed by atoms with Crippen LogP contribution in [-0.2, 0) is 0 Å². The molecule has 0 aliphatic heterocycles. The average Bonchev–Trinajstić information content (AvgIpc) is 2.27. The van der Waals surface area contributed by atoms with Crippen molar-refractivity contribution in [2.75, 3.05) is 0 Å². The van der Waals surface area contributed by atoms with E-state index in [-0.39, 0.29) is 0 Å². The number of benzene rings is 2. The van der Waals surface area contributed by atoms with E-state index < -0.39 is 0 Å². The number of hydrogen-bond acceptors (Lipinski definition) is 1. The van der Waals surface area contributed by atoms with Gasteiger partial charge in [-0.2, -0.15) is 0 Å². The normalized spacial score (nSPS) is 10.6. The minimum absolute atomic E-state index is 0.310. The van der Waals surface area contributed by atoms with Crippen molar-refractivity contribution < 1.29 is 5.11 Å². The standard InChI is InChI=1S/C15H14O/c1-4-11-5-6-12-8-13(16)9-14(10(2)3)15(12)7-11/h1,5-10,16H,2-3H3. The van der Waals surface area contributed by atoms with Crippen LogP contribution >= 0.6 is 0 Å². The Morgan fingerprint density at radius 2 is 1.94 bits per heavy atom. The van der Waals surface area contributed by atoms with E-state index in [1.165, 1.54) is 0 Å². The van der Waals surface area contributed by atoms with Crippen LogP contribution in [0.1, 0.15) is 30.9 Å². The summed E-state index contributed by atoms with van der Waals surface area (Å²) in [6.07, 6.45) is 5.40. The van der Waals surface area contributed by atoms with Gasteiger partial charge in [0.1, 0.15) is 5.75 Å². The minimum atomic E-state index is 0.310. The summed E-state index contributed by atoms with van der Waals surface area (Å²) in [5.74, 6) is 3.31. The van der Waals surface area contributed by atoms with Crippen LogP contribution in [0.15, 0.2) is 30.3 Å². The van der Waals surface area contributed by atoms with Gasteiger partial charge in [0.25, 0.3) is 0 Å². The van der Waals surface area contributed by atoms with Crippen LogP contribution in [0.3, 0.4) is 0 Å². The molecule has 1 heteroatoms. The van der Waals surface area contributed by atoms with Gasteiger partial charge in [0, 0.05) is 5.56 Å². The van der Waals surface area contributed by atoms with Gasteiger partial charge in [0.2, 0.25) is 0 Å². The molecular weight excluding hydrogens is 196 g/mol. The molecule has 2 aromatic carbocycles. The largest absolute Gasteiger partial charge is 0.508 e. The average molecular weight is 210 g/mol. The fourth-order valence-corrected chi connectivity index (χ4v) is 1.94. The van der Waals surface area contributed by atoms with Crippen molar-refractivity contribution in [1.82, 2.24) is 0 Å². The number of phenolic OH excluding ortho intramolecular Hbond substituents is 1. The van der Waals surface area contributed by atoms with E-state index in [1.807, 2.05) is 24.3 Å². The van der Waals surface area contributed by atoms with Gasteiger partial charge in [-0.25, -0.2) is 0 Å². The van der Waals surface area contributed by atoms with Gasteiger partial charge < -0.3 is 5.11 Å². The van der Waals surface area contributed by atoms with Crippen molar-refractivity contribution in [3.8, 4) is 18.1 Å². The van der Waals surface area contributed by atoms with Crippen LogP contribution in [-0.4, -0.2) is 5.11 Å². The van der Waals surface area contributed by atoms with Crippen LogP contribution < -0.4 is 0 Å². The molecule has 0 fully saturated rings. The predicted octanol–water partition coefficient (Wildman–Crippen LogP) is 3.65. The molecule has 0 atom stereocenters. The number of phenols is 1. The molecule has 2 aromatic rings. The van der Waals surface area contributed by atoms with Crippen LogP contribution in [0, 0.1) is 12.3 Å². The van der Waals surface area contributed by atoms with Crippen molar-refractivity contribution in [2.24, 2.45) is 0 Å². The van der Waals surface area contributed by atoms with E-state index in [4.69, 9.17) is 6.42 Å². The maximum Gasteiger partial charge on any atom is 0.116 e. The summed E-state index contributed by atoms with van der Waals surface area (Å²) in [5.41, 5.74) is 2.01. The molecule has 0 bridgehead atoms. The van der Waals surface area contributed by atoms with E-state index in [2.05, 4.69) is 19.8 Å². The molecule has 0 saturated heterocycles. The third-order valence-corrected chi connectivity index (χ3v) is 2.76. The maximum absolute atomic E-state index is 9.65. The zero-order valence-corrected chi connectivity index (χ0v) is 9.49. The summed E-state index contributed by atoms with van der Waals surface area (Å²) in [4.78, 5) is 0. The lowest BCUT2D eigenvalue weighted by atomic mass is 9.94. The number of hydrogen-bond donors (Lipinski definition) is 1. The third kappa shape index (κ3) is 1.75. The highest BCUT2D eigenvalue weighted by Gasteiger charge is 2.07. The first-order chi connectivity index (χ1) is 7.61. The van der Waals surface area contributed by atoms with E-state index in [9.17, 15) is 5.11 Å². The first kappa shape index (κ1) is 10.6. The lowest BCUT2D eigenvalue weighted by molar-refractivity contribution is 0.475. The molecule has 80 valence electrons. The summed E-state index contributed by atoms with van der Waals surface area (Å²) in [7, 11) is 0. The fourth-order valence-electron chi connectivity index (χ4n) is 1.94. The highest BCUT2D eigenvalue weighted by Crippen LogP contribution is 2.30. The number of fused-ring (bicyclic) bond motifs is 1. The second-order valence-corrected chi connectivity index (χ2v) is 4.27. The molecule has 1 N–H and O–H groups in total. The number of aromatic hydroxyl groups is 1. The Morgan fingerprint density at radius 1 is 1.19 bits per heavy atom. The third-order valence-electron chi connectivity index (χ3n) is 2.76. The van der Waals surface area contributed by atoms with Gasteiger partial charge in [0.15, 0.2) is 0 Å². The first-order valence-electron chi connectivity index (χ1n) is 5.35. The van der Waals surface area contributed by atoms with Gasteiger partial charge in [-0.1, -0.05) is 25.8 Å². The zero-order valence-electron chi connectivity index (χ0n) is 9.49. The number of rotatable bonds is 1. The molecule has 0 spiro atoms. The lowest BCUT2D eigenvalue weighted by Crippen LogP contribution is -1.90. The topological polar surface area (TPSA) is 20.2 Å². The summed E-state index contributed by atoms with van der Waals surface area (Å²) in [6.45, 7) is 4.22. The lowest BCUT2D eigenvalue weighted by Gasteiger charge is -2.11. The van der Waals surface area contributed by atoms with E-state index in [0.29, 0.717) is 11.7 Å². The van der Waals surface area contributed by atoms with Gasteiger partial charge >= 0.3 is 0 Å². The molecule has 0 aliphatic rings. The summed E-state index contributed by atoms with van der Waals surface area (Å²) < 4.78 is 0. The Morgan fingerprint density at radius 3 is 2.56 bits per heavy atom. The molecule has 0 aliphatic carbocycles. The van der Waals surface area contributed by atoms with E-state index in [1.54, 1.807) is 6.07 Å². The van der Waals surface area contributed by atoms with Gasteiger partial charge in [0.05, 0.1) is 0 Å². The highest BCUT2D eigenvalue weighted by atomic mass is 16.3. The summed E-state index contributed by atoms with van der Waals surface area (Å²) >= 11 is 0. The maximum atomic E-state index is 9.65.